The van der Waals surface area contributed by atoms with Crippen LogP contribution in [0.5, 0.6) is 0 Å². The Hall–Kier alpha value is -2.48. The van der Waals surface area contributed by atoms with Crippen LogP contribution in [-0.2, 0) is 9.59 Å². The van der Waals surface area contributed by atoms with Gasteiger partial charge < -0.3 is 20.0 Å². The molecule has 170 valence electrons. The zero-order valence-corrected chi connectivity index (χ0v) is 17.7. The third-order valence-electron chi connectivity index (χ3n) is 7.14. The van der Waals surface area contributed by atoms with E-state index in [1.165, 1.54) is 51.4 Å². The first-order valence-electron chi connectivity index (χ1n) is 11.0. The molecule has 1 aromatic rings. The van der Waals surface area contributed by atoms with Crippen LogP contribution in [0.3, 0.4) is 0 Å². The van der Waals surface area contributed by atoms with E-state index in [1.807, 2.05) is 0 Å². The standard InChI is InChI=1S/C21H28FN3.2CH2O2/c22-20-2-1-7-23-21(20)25-8-5-17-12-24(13-18(17)6-9-25)14-19-11-15-3-4-16(19)10-15;2*2-1-3/h1-4,7,15-19H,5-6,8-14H2;2*1H,(H,2,3)/t15?,16?,17-,18+,19?;;. The Balaban J connectivity index is 0.000000411. The van der Waals surface area contributed by atoms with Gasteiger partial charge in [-0.15, -0.1) is 0 Å². The molecule has 31 heavy (non-hydrogen) atoms. The Labute approximate surface area is 182 Å². The number of anilines is 1. The predicted molar refractivity (Wildman–Crippen MR) is 115 cm³/mol. The van der Waals surface area contributed by atoms with Crippen molar-refractivity contribution in [1.29, 1.82) is 0 Å². The summed E-state index contributed by atoms with van der Waals surface area (Å²) in [4.78, 5) is 25.9. The van der Waals surface area contributed by atoms with Gasteiger partial charge in [-0.2, -0.15) is 0 Å². The minimum absolute atomic E-state index is 0.180. The molecule has 1 saturated carbocycles. The topological polar surface area (TPSA) is 94.0 Å². The molecular weight excluding hydrogens is 401 g/mol. The molecule has 0 amide bonds. The lowest BCUT2D eigenvalue weighted by atomic mass is 9.92. The zero-order valence-electron chi connectivity index (χ0n) is 17.7. The van der Waals surface area contributed by atoms with E-state index in [0.29, 0.717) is 5.82 Å². The van der Waals surface area contributed by atoms with E-state index in [9.17, 15) is 4.39 Å². The summed E-state index contributed by atoms with van der Waals surface area (Å²) >= 11 is 0. The van der Waals surface area contributed by atoms with Crippen molar-refractivity contribution in [3.63, 3.8) is 0 Å². The molecule has 3 unspecified atom stereocenters. The summed E-state index contributed by atoms with van der Waals surface area (Å²) in [5, 5.41) is 13.8. The third kappa shape index (κ3) is 5.81. The quantitative estimate of drug-likeness (QED) is 0.559. The molecule has 2 saturated heterocycles. The normalized spacial score (nSPS) is 31.0. The minimum atomic E-state index is -0.250. The maximum atomic E-state index is 14.0. The second-order valence-electron chi connectivity index (χ2n) is 8.86. The molecule has 5 rings (SSSR count). The average molecular weight is 434 g/mol. The van der Waals surface area contributed by atoms with Crippen LogP contribution in [0.1, 0.15) is 25.7 Å². The van der Waals surface area contributed by atoms with E-state index in [0.717, 1.165) is 42.7 Å². The maximum absolute atomic E-state index is 14.0. The van der Waals surface area contributed by atoms with Gasteiger partial charge in [-0.05, 0) is 67.4 Å². The minimum Gasteiger partial charge on any atom is -0.483 e. The van der Waals surface area contributed by atoms with E-state index < -0.39 is 0 Å². The Morgan fingerprint density at radius 1 is 1.06 bits per heavy atom. The highest BCUT2D eigenvalue weighted by Crippen LogP contribution is 2.44. The molecule has 1 aromatic heterocycles. The first-order valence-corrected chi connectivity index (χ1v) is 11.0. The molecule has 3 fully saturated rings. The maximum Gasteiger partial charge on any atom is 0.290 e. The van der Waals surface area contributed by atoms with E-state index in [1.54, 1.807) is 12.3 Å². The Bertz CT molecular complexity index is 740. The fourth-order valence-corrected chi connectivity index (χ4v) is 5.85. The van der Waals surface area contributed by atoms with Crippen molar-refractivity contribution in [3.05, 3.63) is 36.3 Å². The number of halogens is 1. The molecule has 2 bridgehead atoms. The summed E-state index contributed by atoms with van der Waals surface area (Å²) in [6, 6.07) is 3.20. The number of hydrogen-bond acceptors (Lipinski definition) is 5. The predicted octanol–water partition coefficient (Wildman–Crippen LogP) is 2.98. The molecule has 0 aromatic carbocycles. The summed E-state index contributed by atoms with van der Waals surface area (Å²) in [6.45, 7) is 5.19. The monoisotopic (exact) mass is 433 g/mol. The summed E-state index contributed by atoms with van der Waals surface area (Å²) in [5.74, 6) is 4.57. The number of carbonyl (C=O) groups is 2. The molecule has 4 aliphatic rings. The summed E-state index contributed by atoms with van der Waals surface area (Å²) in [7, 11) is 0. The summed E-state index contributed by atoms with van der Waals surface area (Å²) in [6.07, 6.45) is 11.8. The number of aromatic nitrogens is 1. The van der Waals surface area contributed by atoms with Crippen LogP contribution in [0.25, 0.3) is 0 Å². The molecule has 5 atom stereocenters. The number of hydrogen-bond donors (Lipinski definition) is 2. The SMILES string of the molecule is Fc1cccnc1N1CC[C@@H]2CN(CC3CC4C=CC3C4)C[C@@H]2CC1.O=CO.O=CO. The van der Waals surface area contributed by atoms with Gasteiger partial charge in [0.2, 0.25) is 0 Å². The first-order chi connectivity index (χ1) is 15.1. The highest BCUT2D eigenvalue weighted by atomic mass is 19.1. The molecular formula is C23H32FN3O4. The van der Waals surface area contributed by atoms with Gasteiger partial charge >= 0.3 is 0 Å². The molecule has 0 spiro atoms. The van der Waals surface area contributed by atoms with Crippen LogP contribution in [0.4, 0.5) is 10.2 Å². The first kappa shape index (κ1) is 23.2. The lowest BCUT2D eigenvalue weighted by Crippen LogP contribution is -2.31. The Morgan fingerprint density at radius 2 is 1.71 bits per heavy atom. The van der Waals surface area contributed by atoms with Crippen molar-refractivity contribution < 1.29 is 24.2 Å². The van der Waals surface area contributed by atoms with Crippen molar-refractivity contribution in [2.45, 2.75) is 25.7 Å². The molecule has 2 aliphatic heterocycles. The molecule has 2 N–H and O–H groups in total. The largest absolute Gasteiger partial charge is 0.483 e. The molecule has 8 heteroatoms. The van der Waals surface area contributed by atoms with Crippen molar-refractivity contribution in [1.82, 2.24) is 9.88 Å². The van der Waals surface area contributed by atoms with Gasteiger partial charge in [0, 0.05) is 38.9 Å². The fraction of sp³-hybridized carbons (Fsp3) is 0.609. The fourth-order valence-electron chi connectivity index (χ4n) is 5.85. The van der Waals surface area contributed by atoms with E-state index in [4.69, 9.17) is 19.8 Å². The summed E-state index contributed by atoms with van der Waals surface area (Å²) < 4.78 is 14.0. The lowest BCUT2D eigenvalue weighted by molar-refractivity contribution is -0.123. The van der Waals surface area contributed by atoms with Crippen molar-refractivity contribution in [2.75, 3.05) is 37.6 Å². The number of pyridine rings is 1. The van der Waals surface area contributed by atoms with E-state index >= 15 is 0 Å². The highest BCUT2D eigenvalue weighted by molar-refractivity contribution is 5.39. The van der Waals surface area contributed by atoms with E-state index in [-0.39, 0.29) is 18.8 Å². The van der Waals surface area contributed by atoms with Crippen LogP contribution in [0.2, 0.25) is 0 Å². The van der Waals surface area contributed by atoms with Crippen molar-refractivity contribution in [2.24, 2.45) is 29.6 Å². The van der Waals surface area contributed by atoms with Gasteiger partial charge in [0.1, 0.15) is 0 Å². The van der Waals surface area contributed by atoms with Gasteiger partial charge in [-0.3, -0.25) is 9.59 Å². The number of carboxylic acid groups (broad SMARTS) is 2. The Kier molecular flexibility index (Phi) is 8.40. The van der Waals surface area contributed by atoms with Crippen LogP contribution >= 0.6 is 0 Å². The number of rotatable bonds is 3. The van der Waals surface area contributed by atoms with Crippen LogP contribution in [-0.4, -0.2) is 65.8 Å². The number of nitrogens with zero attached hydrogens (tertiary/aromatic N) is 3. The highest BCUT2D eigenvalue weighted by Gasteiger charge is 2.40. The van der Waals surface area contributed by atoms with Gasteiger partial charge in [-0.1, -0.05) is 12.2 Å². The Morgan fingerprint density at radius 3 is 2.23 bits per heavy atom. The van der Waals surface area contributed by atoms with Gasteiger partial charge in [0.25, 0.3) is 12.9 Å². The van der Waals surface area contributed by atoms with Gasteiger partial charge in [0.05, 0.1) is 0 Å². The number of allylic oxidation sites excluding steroid dienone is 2. The van der Waals surface area contributed by atoms with Crippen molar-refractivity contribution in [3.8, 4) is 0 Å². The summed E-state index contributed by atoms with van der Waals surface area (Å²) in [5.41, 5.74) is 0. The van der Waals surface area contributed by atoms with Crippen LogP contribution < -0.4 is 4.90 Å². The van der Waals surface area contributed by atoms with Gasteiger partial charge in [-0.25, -0.2) is 9.37 Å². The smallest absolute Gasteiger partial charge is 0.290 e. The lowest BCUT2D eigenvalue weighted by Gasteiger charge is -2.26. The second-order valence-corrected chi connectivity index (χ2v) is 8.86. The molecule has 3 heterocycles. The molecule has 0 radical (unpaired) electrons. The van der Waals surface area contributed by atoms with Crippen molar-refractivity contribution >= 4 is 18.8 Å². The molecule has 7 nitrogen and oxygen atoms in total. The molecule has 2 aliphatic carbocycles. The zero-order chi connectivity index (χ0) is 22.2. The second kappa shape index (κ2) is 11.2. The van der Waals surface area contributed by atoms with E-state index in [2.05, 4.69) is 26.9 Å². The number of likely N-dealkylation sites (tertiary alicyclic amines) is 1. The van der Waals surface area contributed by atoms with Gasteiger partial charge in [0.15, 0.2) is 11.6 Å². The van der Waals surface area contributed by atoms with Crippen LogP contribution in [0.15, 0.2) is 30.5 Å². The third-order valence-corrected chi connectivity index (χ3v) is 7.14. The average Bonchev–Trinajstić information content (AvgIpc) is 3.43. The van der Waals surface area contributed by atoms with Crippen LogP contribution in [0, 0.1) is 35.4 Å². The number of fused-ring (bicyclic) bond motifs is 3.